The Morgan fingerprint density at radius 1 is 1.16 bits per heavy atom. The number of fused-ring (bicyclic) bond motifs is 1. The fourth-order valence-electron chi connectivity index (χ4n) is 2.81. The minimum Gasteiger partial charge on any atom is -0.308 e. The zero-order valence-electron chi connectivity index (χ0n) is 13.5. The molecule has 0 spiro atoms. The van der Waals surface area contributed by atoms with Crippen LogP contribution in [-0.4, -0.2) is 27.4 Å². The second-order valence-corrected chi connectivity index (χ2v) is 7.43. The molecule has 0 radical (unpaired) electrons. The molecule has 0 saturated carbocycles. The number of hydrogen-bond donors (Lipinski definition) is 1. The smallest absolute Gasteiger partial charge is 0.258 e. The van der Waals surface area contributed by atoms with Gasteiger partial charge in [-0.3, -0.25) is 4.79 Å². The van der Waals surface area contributed by atoms with Crippen LogP contribution in [0, 0.1) is 11.3 Å². The largest absolute Gasteiger partial charge is 0.308 e. The molecule has 128 valence electrons. The summed E-state index contributed by atoms with van der Waals surface area (Å²) in [4.78, 5) is 14.5. The number of carbonyl (C=O) groups is 1. The topological polar surface area (TPSA) is 90.3 Å². The van der Waals surface area contributed by atoms with Crippen LogP contribution in [0.3, 0.4) is 0 Å². The lowest BCUT2D eigenvalue weighted by Gasteiger charge is -2.17. The summed E-state index contributed by atoms with van der Waals surface area (Å²) >= 11 is 0. The van der Waals surface area contributed by atoms with E-state index in [1.807, 2.05) is 30.3 Å². The highest BCUT2D eigenvalue weighted by Crippen LogP contribution is 2.29. The maximum atomic E-state index is 12.7. The van der Waals surface area contributed by atoms with Gasteiger partial charge in [-0.2, -0.15) is 5.26 Å². The van der Waals surface area contributed by atoms with Crippen LogP contribution in [0.15, 0.2) is 53.4 Å². The lowest BCUT2D eigenvalue weighted by Crippen LogP contribution is -2.29. The van der Waals surface area contributed by atoms with Crippen molar-refractivity contribution in [2.75, 3.05) is 18.0 Å². The second-order valence-electron chi connectivity index (χ2n) is 5.67. The maximum absolute atomic E-state index is 12.7. The first kappa shape index (κ1) is 17.1. The van der Waals surface area contributed by atoms with E-state index in [9.17, 15) is 13.2 Å². The van der Waals surface area contributed by atoms with Crippen molar-refractivity contribution >= 4 is 21.6 Å². The summed E-state index contributed by atoms with van der Waals surface area (Å²) in [5.74, 6) is -0.147. The van der Waals surface area contributed by atoms with Gasteiger partial charge in [-0.25, -0.2) is 13.1 Å². The SMILES string of the molecule is N#CCCNS(=O)(=O)c1ccc(C(=O)N2CCc3ccccc32)cc1. The van der Waals surface area contributed by atoms with Gasteiger partial charge in [0.25, 0.3) is 5.91 Å². The van der Waals surface area contributed by atoms with Crippen LogP contribution >= 0.6 is 0 Å². The molecule has 1 aliphatic rings. The van der Waals surface area contributed by atoms with Crippen LogP contribution in [0.1, 0.15) is 22.3 Å². The lowest BCUT2D eigenvalue weighted by molar-refractivity contribution is 0.0989. The number of nitrogens with zero attached hydrogens (tertiary/aromatic N) is 2. The summed E-state index contributed by atoms with van der Waals surface area (Å²) in [6, 6.07) is 15.5. The summed E-state index contributed by atoms with van der Waals surface area (Å²) in [7, 11) is -3.67. The molecule has 0 atom stereocenters. The first-order valence-electron chi connectivity index (χ1n) is 7.89. The van der Waals surface area contributed by atoms with Crippen molar-refractivity contribution in [1.29, 1.82) is 5.26 Å². The summed E-state index contributed by atoms with van der Waals surface area (Å²) < 4.78 is 26.5. The molecule has 0 aliphatic carbocycles. The molecule has 1 heterocycles. The number of hydrogen-bond acceptors (Lipinski definition) is 4. The molecule has 2 aromatic carbocycles. The number of sulfonamides is 1. The predicted molar refractivity (Wildman–Crippen MR) is 93.7 cm³/mol. The van der Waals surface area contributed by atoms with Crippen molar-refractivity contribution < 1.29 is 13.2 Å². The predicted octanol–water partition coefficient (Wildman–Crippen LogP) is 2.08. The molecule has 6 nitrogen and oxygen atoms in total. The van der Waals surface area contributed by atoms with Crippen LogP contribution in [0.25, 0.3) is 0 Å². The molecule has 3 rings (SSSR count). The molecule has 0 bridgehead atoms. The Balaban J connectivity index is 1.77. The molecule has 0 saturated heterocycles. The van der Waals surface area contributed by atoms with Gasteiger partial charge in [0.1, 0.15) is 0 Å². The number of para-hydroxylation sites is 1. The standard InChI is InChI=1S/C18H17N3O3S/c19-11-3-12-20-25(23,24)16-8-6-15(7-9-16)18(22)21-13-10-14-4-1-2-5-17(14)21/h1-2,4-9,20H,3,10,12-13H2. The van der Waals surface area contributed by atoms with Crippen LogP contribution in [0.5, 0.6) is 0 Å². The van der Waals surface area contributed by atoms with E-state index < -0.39 is 10.0 Å². The summed E-state index contributed by atoms with van der Waals surface area (Å²) in [6.45, 7) is 0.679. The third-order valence-electron chi connectivity index (χ3n) is 4.07. The van der Waals surface area contributed by atoms with Crippen molar-refractivity contribution in [3.8, 4) is 6.07 Å². The van der Waals surface area contributed by atoms with Crippen molar-refractivity contribution in [1.82, 2.24) is 4.72 Å². The van der Waals surface area contributed by atoms with Gasteiger partial charge in [0.15, 0.2) is 0 Å². The second kappa shape index (κ2) is 7.05. The van der Waals surface area contributed by atoms with Gasteiger partial charge in [0, 0.05) is 30.8 Å². The van der Waals surface area contributed by atoms with E-state index in [4.69, 9.17) is 5.26 Å². The monoisotopic (exact) mass is 355 g/mol. The Labute approximate surface area is 146 Å². The van der Waals surface area contributed by atoms with Crippen molar-refractivity contribution in [2.45, 2.75) is 17.7 Å². The molecule has 1 amide bonds. The van der Waals surface area contributed by atoms with E-state index in [1.54, 1.807) is 4.90 Å². The van der Waals surface area contributed by atoms with Crippen LogP contribution < -0.4 is 9.62 Å². The van der Waals surface area contributed by atoms with Gasteiger partial charge < -0.3 is 4.90 Å². The average molecular weight is 355 g/mol. The van der Waals surface area contributed by atoms with Crippen molar-refractivity contribution in [3.63, 3.8) is 0 Å². The molecule has 0 aromatic heterocycles. The minimum atomic E-state index is -3.67. The quantitative estimate of drug-likeness (QED) is 0.832. The fourth-order valence-corrected chi connectivity index (χ4v) is 3.84. The molecule has 7 heteroatoms. The number of nitriles is 1. The summed E-state index contributed by atoms with van der Waals surface area (Å²) in [5, 5.41) is 8.48. The molecular formula is C18H17N3O3S. The molecular weight excluding hydrogens is 338 g/mol. The summed E-state index contributed by atoms with van der Waals surface area (Å²) in [5.41, 5.74) is 2.48. The van der Waals surface area contributed by atoms with Gasteiger partial charge in [-0.1, -0.05) is 18.2 Å². The van der Waals surface area contributed by atoms with E-state index in [2.05, 4.69) is 4.72 Å². The zero-order valence-corrected chi connectivity index (χ0v) is 14.3. The number of rotatable bonds is 5. The molecule has 1 N–H and O–H groups in total. The van der Waals surface area contributed by atoms with E-state index >= 15 is 0 Å². The van der Waals surface area contributed by atoms with Gasteiger partial charge in [-0.05, 0) is 42.3 Å². The number of anilines is 1. The highest BCUT2D eigenvalue weighted by Gasteiger charge is 2.25. The Morgan fingerprint density at radius 3 is 2.60 bits per heavy atom. The Hall–Kier alpha value is -2.69. The van der Waals surface area contributed by atoms with Crippen LogP contribution in [-0.2, 0) is 16.4 Å². The van der Waals surface area contributed by atoms with Crippen molar-refractivity contribution in [3.05, 3.63) is 59.7 Å². The van der Waals surface area contributed by atoms with E-state index in [0.717, 1.165) is 17.7 Å². The molecule has 0 fully saturated rings. The van der Waals surface area contributed by atoms with Gasteiger partial charge in [-0.15, -0.1) is 0 Å². The van der Waals surface area contributed by atoms with Gasteiger partial charge in [0.05, 0.1) is 11.0 Å². The Kier molecular flexibility index (Phi) is 4.83. The first-order chi connectivity index (χ1) is 12.0. The third-order valence-corrected chi connectivity index (χ3v) is 5.55. The molecule has 1 aliphatic heterocycles. The third kappa shape index (κ3) is 3.55. The minimum absolute atomic E-state index is 0.0596. The fraction of sp³-hybridized carbons (Fsp3) is 0.222. The van der Waals surface area contributed by atoms with Gasteiger partial charge >= 0.3 is 0 Å². The summed E-state index contributed by atoms with van der Waals surface area (Å²) in [6.07, 6.45) is 0.918. The van der Waals surface area contributed by atoms with Crippen LogP contribution in [0.4, 0.5) is 5.69 Å². The number of nitrogens with one attached hydrogen (secondary N) is 1. The number of carbonyl (C=O) groups excluding carboxylic acids is 1. The number of benzene rings is 2. The van der Waals surface area contributed by atoms with Crippen molar-refractivity contribution in [2.24, 2.45) is 0 Å². The Morgan fingerprint density at radius 2 is 1.88 bits per heavy atom. The van der Waals surface area contributed by atoms with E-state index in [-0.39, 0.29) is 23.8 Å². The Bertz CT molecular complexity index is 931. The van der Waals surface area contributed by atoms with Gasteiger partial charge in [0.2, 0.25) is 10.0 Å². The molecule has 25 heavy (non-hydrogen) atoms. The first-order valence-corrected chi connectivity index (χ1v) is 9.38. The normalized spacial score (nSPS) is 13.3. The maximum Gasteiger partial charge on any atom is 0.258 e. The molecule has 2 aromatic rings. The molecule has 0 unspecified atom stereocenters. The highest BCUT2D eigenvalue weighted by atomic mass is 32.2. The van der Waals surface area contributed by atoms with E-state index in [0.29, 0.717) is 12.1 Å². The number of amides is 1. The average Bonchev–Trinajstić information content (AvgIpc) is 3.05. The zero-order chi connectivity index (χ0) is 17.9. The lowest BCUT2D eigenvalue weighted by atomic mass is 10.1. The van der Waals surface area contributed by atoms with E-state index in [1.165, 1.54) is 24.3 Å². The highest BCUT2D eigenvalue weighted by molar-refractivity contribution is 7.89. The van der Waals surface area contributed by atoms with Crippen LogP contribution in [0.2, 0.25) is 0 Å².